The third-order valence-electron chi connectivity index (χ3n) is 5.15. The number of amides is 1. The Bertz CT molecular complexity index is 1310. The molecule has 2 heterocycles. The van der Waals surface area contributed by atoms with E-state index in [2.05, 4.69) is 30.3 Å². The van der Waals surface area contributed by atoms with Crippen molar-refractivity contribution in [2.24, 2.45) is 7.05 Å². The molecule has 0 saturated heterocycles. The van der Waals surface area contributed by atoms with Crippen LogP contribution in [0.1, 0.15) is 28.9 Å². The lowest BCUT2D eigenvalue weighted by Crippen LogP contribution is -2.41. The van der Waals surface area contributed by atoms with E-state index in [1.54, 1.807) is 24.3 Å². The number of fused-ring (bicyclic) bond motifs is 1. The molecular weight excluding hydrogens is 458 g/mol. The molecule has 3 rings (SSSR count). The highest BCUT2D eigenvalue weighted by molar-refractivity contribution is 5.97. The minimum Gasteiger partial charge on any atom is -0.469 e. The van der Waals surface area contributed by atoms with Crippen molar-refractivity contribution in [1.82, 2.24) is 24.8 Å². The van der Waals surface area contributed by atoms with E-state index in [9.17, 15) is 19.2 Å². The number of ether oxygens (including phenoxy) is 2. The van der Waals surface area contributed by atoms with Crippen LogP contribution < -0.4 is 21.9 Å². The minimum atomic E-state index is -0.992. The number of nitrogens with zero attached hydrogens (tertiary/aromatic N) is 4. The van der Waals surface area contributed by atoms with Crippen molar-refractivity contribution < 1.29 is 23.9 Å². The molecule has 0 spiro atoms. The number of carbonyl (C=O) groups excluding carboxylic acids is 3. The number of hydrogen-bond donors (Lipinski definition) is 3. The molecule has 184 valence electrons. The smallest absolute Gasteiger partial charge is 0.328 e. The fourth-order valence-corrected chi connectivity index (χ4v) is 3.11. The molecule has 0 unspecified atom stereocenters. The molecule has 0 radical (unpaired) electrons. The molecular formula is C22H25N7O6. The Balaban J connectivity index is 1.64. The maximum absolute atomic E-state index is 12.6. The van der Waals surface area contributed by atoms with E-state index in [1.165, 1.54) is 32.0 Å². The Kier molecular flexibility index (Phi) is 7.92. The van der Waals surface area contributed by atoms with E-state index in [-0.39, 0.29) is 36.5 Å². The van der Waals surface area contributed by atoms with Gasteiger partial charge in [-0.05, 0) is 30.7 Å². The second-order valence-corrected chi connectivity index (χ2v) is 7.46. The third-order valence-corrected chi connectivity index (χ3v) is 5.15. The van der Waals surface area contributed by atoms with Crippen molar-refractivity contribution in [2.75, 3.05) is 25.3 Å². The van der Waals surface area contributed by atoms with Gasteiger partial charge in [-0.2, -0.15) is 4.98 Å². The molecule has 35 heavy (non-hydrogen) atoms. The van der Waals surface area contributed by atoms with Crippen molar-refractivity contribution >= 4 is 40.6 Å². The van der Waals surface area contributed by atoms with Gasteiger partial charge in [0.15, 0.2) is 11.2 Å². The first kappa shape index (κ1) is 25.1. The van der Waals surface area contributed by atoms with Gasteiger partial charge in [0.25, 0.3) is 11.5 Å². The Hall–Kier alpha value is -4.55. The zero-order valence-corrected chi connectivity index (χ0v) is 19.4. The average Bonchev–Trinajstić information content (AvgIpc) is 2.88. The number of hydrogen-bond acceptors (Lipinski definition) is 11. The number of methoxy groups -OCH3 is 2. The standard InChI is InChI=1S/C22H25N7O6/c1-29-20(32)17-18(28-22(29)23)25-11-14(26-17)10-24-13-6-4-12(5-7-13)19(31)27-15(21(33)35-3)8-9-16(30)34-2/h4-7,11,15,24H,8-10H2,1-3H3,(H,27,31)(H2,23,25,28)/t15-/m0/s1. The van der Waals surface area contributed by atoms with E-state index in [4.69, 9.17) is 10.5 Å². The van der Waals surface area contributed by atoms with Gasteiger partial charge < -0.3 is 25.8 Å². The molecule has 0 fully saturated rings. The quantitative estimate of drug-likeness (QED) is 0.352. The first-order valence-corrected chi connectivity index (χ1v) is 10.5. The van der Waals surface area contributed by atoms with Crippen LogP contribution >= 0.6 is 0 Å². The number of nitrogen functional groups attached to an aromatic ring is 1. The van der Waals surface area contributed by atoms with Gasteiger partial charge >= 0.3 is 11.9 Å². The predicted octanol–water partition coefficient (Wildman–Crippen LogP) is 0.142. The summed E-state index contributed by atoms with van der Waals surface area (Å²) in [6, 6.07) is 5.49. The van der Waals surface area contributed by atoms with Crippen LogP contribution in [0.5, 0.6) is 0 Å². The molecule has 0 saturated carbocycles. The van der Waals surface area contributed by atoms with E-state index in [0.29, 0.717) is 16.9 Å². The van der Waals surface area contributed by atoms with Crippen LogP contribution in [0, 0.1) is 0 Å². The molecule has 0 bridgehead atoms. The Morgan fingerprint density at radius 1 is 1.11 bits per heavy atom. The third kappa shape index (κ3) is 6.07. The van der Waals surface area contributed by atoms with Crippen molar-refractivity contribution in [3.8, 4) is 0 Å². The van der Waals surface area contributed by atoms with Crippen LogP contribution in [0.25, 0.3) is 11.2 Å². The highest BCUT2D eigenvalue weighted by Gasteiger charge is 2.23. The first-order valence-electron chi connectivity index (χ1n) is 10.5. The Morgan fingerprint density at radius 3 is 2.49 bits per heavy atom. The topological polar surface area (TPSA) is 180 Å². The van der Waals surface area contributed by atoms with Crippen LogP contribution in [-0.4, -0.2) is 57.6 Å². The number of nitrogens with two attached hydrogens (primary N) is 1. The summed E-state index contributed by atoms with van der Waals surface area (Å²) >= 11 is 0. The van der Waals surface area contributed by atoms with Crippen LogP contribution in [-0.2, 0) is 32.7 Å². The Morgan fingerprint density at radius 2 is 1.83 bits per heavy atom. The number of esters is 2. The fourth-order valence-electron chi connectivity index (χ4n) is 3.11. The van der Waals surface area contributed by atoms with Gasteiger partial charge in [-0.15, -0.1) is 0 Å². The number of anilines is 2. The Labute approximate surface area is 199 Å². The lowest BCUT2D eigenvalue weighted by molar-refractivity contribution is -0.144. The van der Waals surface area contributed by atoms with Gasteiger partial charge in [0.05, 0.1) is 32.7 Å². The number of benzene rings is 1. The molecule has 13 nitrogen and oxygen atoms in total. The molecule has 0 aliphatic heterocycles. The lowest BCUT2D eigenvalue weighted by atomic mass is 10.1. The maximum Gasteiger partial charge on any atom is 0.328 e. The average molecular weight is 483 g/mol. The van der Waals surface area contributed by atoms with E-state index in [0.717, 1.165) is 0 Å². The van der Waals surface area contributed by atoms with E-state index in [1.807, 2.05) is 0 Å². The van der Waals surface area contributed by atoms with Crippen LogP contribution in [0.3, 0.4) is 0 Å². The number of aromatic nitrogens is 4. The molecule has 2 aromatic heterocycles. The minimum absolute atomic E-state index is 0.0444. The van der Waals surface area contributed by atoms with E-state index < -0.39 is 29.4 Å². The van der Waals surface area contributed by atoms with Gasteiger partial charge in [0.1, 0.15) is 6.04 Å². The summed E-state index contributed by atoms with van der Waals surface area (Å²) in [5, 5.41) is 5.70. The fraction of sp³-hybridized carbons (Fsp3) is 0.318. The van der Waals surface area contributed by atoms with E-state index >= 15 is 0 Å². The largest absolute Gasteiger partial charge is 0.469 e. The zero-order chi connectivity index (χ0) is 25.5. The monoisotopic (exact) mass is 483 g/mol. The summed E-state index contributed by atoms with van der Waals surface area (Å²) in [5.74, 6) is -1.61. The van der Waals surface area contributed by atoms with Gasteiger partial charge in [0.2, 0.25) is 5.95 Å². The molecule has 13 heteroatoms. The van der Waals surface area contributed by atoms with Crippen LogP contribution in [0.4, 0.5) is 11.6 Å². The van der Waals surface area contributed by atoms with Gasteiger partial charge in [-0.25, -0.2) is 14.8 Å². The second kappa shape index (κ2) is 11.0. The summed E-state index contributed by atoms with van der Waals surface area (Å²) < 4.78 is 10.5. The summed E-state index contributed by atoms with van der Waals surface area (Å²) in [4.78, 5) is 60.7. The van der Waals surface area contributed by atoms with Gasteiger partial charge in [-0.1, -0.05) is 0 Å². The molecule has 3 aromatic rings. The molecule has 1 atom stereocenters. The number of rotatable bonds is 9. The molecule has 0 aliphatic carbocycles. The predicted molar refractivity (Wildman–Crippen MR) is 125 cm³/mol. The van der Waals surface area contributed by atoms with Crippen molar-refractivity contribution in [1.29, 1.82) is 0 Å². The molecule has 1 amide bonds. The summed E-state index contributed by atoms with van der Waals surface area (Å²) in [5.41, 5.74) is 7.06. The highest BCUT2D eigenvalue weighted by atomic mass is 16.5. The van der Waals surface area contributed by atoms with Gasteiger partial charge in [-0.3, -0.25) is 19.0 Å². The summed E-state index contributed by atoms with van der Waals surface area (Å²) in [6.07, 6.45) is 1.49. The molecule has 0 aliphatic rings. The van der Waals surface area contributed by atoms with Crippen LogP contribution in [0.2, 0.25) is 0 Å². The normalized spacial score (nSPS) is 11.5. The number of carbonyl (C=O) groups is 3. The number of nitrogens with one attached hydrogen (secondary N) is 2. The van der Waals surface area contributed by atoms with Crippen molar-refractivity contribution in [2.45, 2.75) is 25.4 Å². The summed E-state index contributed by atoms with van der Waals surface area (Å²) in [6.45, 7) is 0.264. The molecule has 1 aromatic carbocycles. The summed E-state index contributed by atoms with van der Waals surface area (Å²) in [7, 11) is 3.94. The van der Waals surface area contributed by atoms with Crippen molar-refractivity contribution in [3.05, 3.63) is 52.1 Å². The van der Waals surface area contributed by atoms with Gasteiger partial charge in [0, 0.05) is 24.7 Å². The molecule has 4 N–H and O–H groups in total. The first-order chi connectivity index (χ1) is 16.7. The second-order valence-electron chi connectivity index (χ2n) is 7.46. The maximum atomic E-state index is 12.6. The SMILES string of the molecule is COC(=O)CC[C@H](NC(=O)c1ccc(NCc2cnc3nc(N)n(C)c(=O)c3n2)cc1)C(=O)OC. The van der Waals surface area contributed by atoms with Crippen molar-refractivity contribution in [3.63, 3.8) is 0 Å². The zero-order valence-electron chi connectivity index (χ0n) is 19.4. The lowest BCUT2D eigenvalue weighted by Gasteiger charge is -2.16. The highest BCUT2D eigenvalue weighted by Crippen LogP contribution is 2.13. The van der Waals surface area contributed by atoms with Crippen LogP contribution in [0.15, 0.2) is 35.3 Å².